The lowest BCUT2D eigenvalue weighted by Crippen LogP contribution is -2.28. The van der Waals surface area contributed by atoms with E-state index >= 15 is 0 Å². The van der Waals surface area contributed by atoms with Crippen molar-refractivity contribution in [2.45, 2.75) is 32.9 Å². The van der Waals surface area contributed by atoms with E-state index < -0.39 is 6.10 Å². The van der Waals surface area contributed by atoms with Gasteiger partial charge in [-0.05, 0) is 26.8 Å². The number of nitrogens with zero attached hydrogens (tertiary/aromatic N) is 1. The average molecular weight is 211 g/mol. The van der Waals surface area contributed by atoms with Crippen LogP contribution < -0.4 is 4.90 Å². The first-order chi connectivity index (χ1) is 6.95. The Labute approximate surface area is 90.3 Å². The Hall–Kier alpha value is -1.09. The topological polar surface area (TPSA) is 23.5 Å². The maximum atomic E-state index is 13.7. The summed E-state index contributed by atoms with van der Waals surface area (Å²) in [4.78, 5) is 1.83. The van der Waals surface area contributed by atoms with E-state index in [0.29, 0.717) is 11.3 Å². The van der Waals surface area contributed by atoms with Crippen LogP contribution in [0.3, 0.4) is 0 Å². The third-order valence-electron chi connectivity index (χ3n) is 2.60. The number of halogens is 1. The number of aliphatic hydroxyl groups is 1. The van der Waals surface area contributed by atoms with Gasteiger partial charge in [0.2, 0.25) is 0 Å². The number of hydrogen-bond acceptors (Lipinski definition) is 2. The van der Waals surface area contributed by atoms with Crippen LogP contribution in [0.2, 0.25) is 0 Å². The second-order valence-electron chi connectivity index (χ2n) is 4.06. The first-order valence-corrected chi connectivity index (χ1v) is 5.14. The van der Waals surface area contributed by atoms with Gasteiger partial charge in [-0.15, -0.1) is 0 Å². The van der Waals surface area contributed by atoms with Gasteiger partial charge >= 0.3 is 0 Å². The minimum Gasteiger partial charge on any atom is -0.389 e. The van der Waals surface area contributed by atoms with E-state index in [0.717, 1.165) is 0 Å². The van der Waals surface area contributed by atoms with Gasteiger partial charge in [-0.3, -0.25) is 0 Å². The molecule has 0 aromatic heterocycles. The molecule has 0 unspecified atom stereocenters. The van der Waals surface area contributed by atoms with Crippen LogP contribution in [0.4, 0.5) is 10.1 Å². The van der Waals surface area contributed by atoms with Crippen molar-refractivity contribution in [1.82, 2.24) is 0 Å². The minimum atomic E-state index is -0.656. The molecule has 15 heavy (non-hydrogen) atoms. The van der Waals surface area contributed by atoms with Crippen molar-refractivity contribution < 1.29 is 9.50 Å². The highest BCUT2D eigenvalue weighted by molar-refractivity contribution is 5.55. The van der Waals surface area contributed by atoms with Crippen LogP contribution in [0.25, 0.3) is 0 Å². The Balaban J connectivity index is 3.24. The lowest BCUT2D eigenvalue weighted by molar-refractivity contribution is 0.199. The summed E-state index contributed by atoms with van der Waals surface area (Å²) in [5, 5.41) is 9.57. The molecule has 3 heteroatoms. The Morgan fingerprint density at radius 2 is 1.87 bits per heavy atom. The smallest absolute Gasteiger partial charge is 0.146 e. The van der Waals surface area contributed by atoms with E-state index in [9.17, 15) is 9.50 Å². The summed E-state index contributed by atoms with van der Waals surface area (Å²) in [5.74, 6) is -0.287. The van der Waals surface area contributed by atoms with Crippen molar-refractivity contribution in [1.29, 1.82) is 0 Å². The number of hydrogen-bond donors (Lipinski definition) is 1. The molecule has 1 aromatic rings. The van der Waals surface area contributed by atoms with Crippen molar-refractivity contribution in [3.8, 4) is 0 Å². The zero-order valence-corrected chi connectivity index (χ0v) is 9.66. The fourth-order valence-corrected chi connectivity index (χ4v) is 1.50. The van der Waals surface area contributed by atoms with E-state index in [4.69, 9.17) is 0 Å². The normalized spacial score (nSPS) is 13.0. The molecule has 1 N–H and O–H groups in total. The minimum absolute atomic E-state index is 0.194. The fourth-order valence-electron chi connectivity index (χ4n) is 1.50. The van der Waals surface area contributed by atoms with Crippen LogP contribution >= 0.6 is 0 Å². The molecule has 1 atom stereocenters. The standard InChI is InChI=1S/C12H18FNO/c1-8(2)14(4)12-10(9(3)15)6-5-7-11(12)13/h5-9,15H,1-4H3/t9-/m0/s1. The molecule has 0 bridgehead atoms. The maximum absolute atomic E-state index is 13.7. The number of anilines is 1. The summed E-state index contributed by atoms with van der Waals surface area (Å²) in [7, 11) is 1.83. The van der Waals surface area contributed by atoms with Gasteiger partial charge in [0.25, 0.3) is 0 Å². The highest BCUT2D eigenvalue weighted by atomic mass is 19.1. The summed E-state index contributed by atoms with van der Waals surface area (Å²) in [6, 6.07) is 4.98. The van der Waals surface area contributed by atoms with Crippen LogP contribution in [-0.2, 0) is 0 Å². The van der Waals surface area contributed by atoms with Gasteiger partial charge < -0.3 is 10.0 Å². The zero-order chi connectivity index (χ0) is 11.6. The molecule has 0 radical (unpaired) electrons. The van der Waals surface area contributed by atoms with Gasteiger partial charge in [0.1, 0.15) is 5.82 Å². The molecule has 0 saturated heterocycles. The predicted molar refractivity (Wildman–Crippen MR) is 60.6 cm³/mol. The van der Waals surface area contributed by atoms with Gasteiger partial charge in [0.15, 0.2) is 0 Å². The van der Waals surface area contributed by atoms with Crippen molar-refractivity contribution in [2.24, 2.45) is 0 Å². The van der Waals surface area contributed by atoms with Crippen molar-refractivity contribution >= 4 is 5.69 Å². The van der Waals surface area contributed by atoms with Crippen LogP contribution in [0.5, 0.6) is 0 Å². The predicted octanol–water partition coefficient (Wildman–Crippen LogP) is 2.72. The summed E-state index contributed by atoms with van der Waals surface area (Å²) < 4.78 is 13.7. The SMILES string of the molecule is CC(C)N(C)c1c(F)cccc1[C@H](C)O. The number of rotatable bonds is 3. The second-order valence-corrected chi connectivity index (χ2v) is 4.06. The second kappa shape index (κ2) is 4.62. The lowest BCUT2D eigenvalue weighted by Gasteiger charge is -2.27. The van der Waals surface area contributed by atoms with E-state index in [-0.39, 0.29) is 11.9 Å². The van der Waals surface area contributed by atoms with Gasteiger partial charge in [0, 0.05) is 18.7 Å². The third-order valence-corrected chi connectivity index (χ3v) is 2.60. The molecular weight excluding hydrogens is 193 g/mol. The number of benzene rings is 1. The molecule has 0 amide bonds. The first-order valence-electron chi connectivity index (χ1n) is 5.14. The van der Waals surface area contributed by atoms with Crippen molar-refractivity contribution in [3.05, 3.63) is 29.6 Å². The van der Waals surface area contributed by atoms with Crippen LogP contribution in [-0.4, -0.2) is 18.2 Å². The maximum Gasteiger partial charge on any atom is 0.146 e. The molecule has 0 heterocycles. The van der Waals surface area contributed by atoms with Crippen LogP contribution in [0.1, 0.15) is 32.4 Å². The summed E-state index contributed by atoms with van der Waals surface area (Å²) in [5.41, 5.74) is 1.12. The monoisotopic (exact) mass is 211 g/mol. The van der Waals surface area contributed by atoms with Gasteiger partial charge in [-0.1, -0.05) is 12.1 Å². The Kier molecular flexibility index (Phi) is 3.69. The van der Waals surface area contributed by atoms with E-state index in [1.807, 2.05) is 25.8 Å². The van der Waals surface area contributed by atoms with Crippen LogP contribution in [0.15, 0.2) is 18.2 Å². The van der Waals surface area contributed by atoms with Crippen molar-refractivity contribution in [2.75, 3.05) is 11.9 Å². The van der Waals surface area contributed by atoms with E-state index in [1.54, 1.807) is 19.1 Å². The fraction of sp³-hybridized carbons (Fsp3) is 0.500. The molecule has 0 aliphatic heterocycles. The molecule has 0 saturated carbocycles. The number of aliphatic hydroxyl groups excluding tert-OH is 1. The van der Waals surface area contributed by atoms with Crippen molar-refractivity contribution in [3.63, 3.8) is 0 Å². The molecule has 1 aromatic carbocycles. The van der Waals surface area contributed by atoms with Gasteiger partial charge in [-0.25, -0.2) is 4.39 Å². The molecule has 84 valence electrons. The highest BCUT2D eigenvalue weighted by Gasteiger charge is 2.17. The Morgan fingerprint density at radius 3 is 2.33 bits per heavy atom. The number of para-hydroxylation sites is 1. The molecule has 0 aliphatic rings. The lowest BCUT2D eigenvalue weighted by atomic mass is 10.1. The largest absolute Gasteiger partial charge is 0.389 e. The Bertz CT molecular complexity index is 336. The summed E-state index contributed by atoms with van der Waals surface area (Å²) >= 11 is 0. The van der Waals surface area contributed by atoms with E-state index in [2.05, 4.69) is 0 Å². The molecular formula is C12H18FNO. The molecule has 0 aliphatic carbocycles. The molecule has 1 rings (SSSR count). The Morgan fingerprint density at radius 1 is 1.27 bits per heavy atom. The third kappa shape index (κ3) is 2.48. The first kappa shape index (κ1) is 12.0. The molecule has 0 fully saturated rings. The summed E-state index contributed by atoms with van der Waals surface area (Å²) in [6.45, 7) is 5.61. The summed E-state index contributed by atoms with van der Waals surface area (Å²) in [6.07, 6.45) is -0.656. The van der Waals surface area contributed by atoms with Gasteiger partial charge in [-0.2, -0.15) is 0 Å². The zero-order valence-electron chi connectivity index (χ0n) is 9.66. The van der Waals surface area contributed by atoms with E-state index in [1.165, 1.54) is 6.07 Å². The van der Waals surface area contributed by atoms with Gasteiger partial charge in [0.05, 0.1) is 11.8 Å². The average Bonchev–Trinajstić information content (AvgIpc) is 2.16. The quantitative estimate of drug-likeness (QED) is 0.831. The molecule has 2 nitrogen and oxygen atoms in total. The molecule has 0 spiro atoms. The highest BCUT2D eigenvalue weighted by Crippen LogP contribution is 2.29. The van der Waals surface area contributed by atoms with Crippen LogP contribution in [0, 0.1) is 5.82 Å².